The molecule has 0 atom stereocenters. The van der Waals surface area contributed by atoms with Crippen LogP contribution in [0.25, 0.3) is 10.9 Å². The molecule has 0 spiro atoms. The third-order valence-electron chi connectivity index (χ3n) is 2.78. The molecule has 0 radical (unpaired) electrons. The van der Waals surface area contributed by atoms with Gasteiger partial charge in [0.15, 0.2) is 0 Å². The van der Waals surface area contributed by atoms with Crippen LogP contribution in [0.1, 0.15) is 50.8 Å². The Morgan fingerprint density at radius 3 is 2.44 bits per heavy atom. The summed E-state index contributed by atoms with van der Waals surface area (Å²) in [5.41, 5.74) is 3.31. The molecule has 0 aromatic carbocycles. The molecule has 2 rings (SSSR count). The van der Waals surface area contributed by atoms with Crippen molar-refractivity contribution in [2.24, 2.45) is 0 Å². The molecule has 2 aromatic rings. The number of hydrogen-bond donors (Lipinski definition) is 0. The maximum atomic E-state index is 4.48. The van der Waals surface area contributed by atoms with Gasteiger partial charge in [0, 0.05) is 11.6 Å². The normalized spacial score (nSPS) is 11.6. The van der Waals surface area contributed by atoms with Crippen molar-refractivity contribution in [3.63, 3.8) is 0 Å². The van der Waals surface area contributed by atoms with Crippen molar-refractivity contribution in [3.05, 3.63) is 29.7 Å². The van der Waals surface area contributed by atoms with E-state index in [0.717, 1.165) is 11.2 Å². The molecule has 0 aliphatic rings. The van der Waals surface area contributed by atoms with E-state index in [9.17, 15) is 0 Å². The Labute approximate surface area is 95.9 Å². The SMILES string of the molecule is CC(C)c1cnnc2ccnc(C(C)C)c12. The van der Waals surface area contributed by atoms with E-state index in [4.69, 9.17) is 0 Å². The molecule has 2 aromatic heterocycles. The molecule has 0 aliphatic carbocycles. The van der Waals surface area contributed by atoms with Crippen LogP contribution in [-0.4, -0.2) is 15.2 Å². The van der Waals surface area contributed by atoms with Crippen LogP contribution in [0.2, 0.25) is 0 Å². The first-order chi connectivity index (χ1) is 7.61. The standard InChI is InChI=1S/C13H17N3/c1-8(2)10-7-15-16-11-5-6-14-13(9(3)4)12(10)11/h5-9H,1-4H3. The second-order valence-electron chi connectivity index (χ2n) is 4.70. The fourth-order valence-electron chi connectivity index (χ4n) is 1.94. The Morgan fingerprint density at radius 1 is 1.06 bits per heavy atom. The molecule has 0 saturated heterocycles. The zero-order chi connectivity index (χ0) is 11.7. The quantitative estimate of drug-likeness (QED) is 0.771. The maximum absolute atomic E-state index is 4.48. The Morgan fingerprint density at radius 2 is 1.81 bits per heavy atom. The smallest absolute Gasteiger partial charge is 0.0966 e. The van der Waals surface area contributed by atoms with E-state index in [-0.39, 0.29) is 0 Å². The van der Waals surface area contributed by atoms with Gasteiger partial charge < -0.3 is 0 Å². The monoisotopic (exact) mass is 215 g/mol. The lowest BCUT2D eigenvalue weighted by Crippen LogP contribution is -2.01. The van der Waals surface area contributed by atoms with Crippen LogP contribution in [0, 0.1) is 0 Å². The summed E-state index contributed by atoms with van der Waals surface area (Å²) in [6.07, 6.45) is 3.68. The van der Waals surface area contributed by atoms with Crippen molar-refractivity contribution in [2.75, 3.05) is 0 Å². The first-order valence-corrected chi connectivity index (χ1v) is 5.71. The second-order valence-corrected chi connectivity index (χ2v) is 4.70. The van der Waals surface area contributed by atoms with Gasteiger partial charge in [0.25, 0.3) is 0 Å². The molecule has 0 aliphatic heterocycles. The van der Waals surface area contributed by atoms with Gasteiger partial charge in [-0.3, -0.25) is 4.98 Å². The number of nitrogens with zero attached hydrogens (tertiary/aromatic N) is 3. The third kappa shape index (κ3) is 1.77. The highest BCUT2D eigenvalue weighted by Crippen LogP contribution is 2.28. The Kier molecular flexibility index (Phi) is 2.86. The fourth-order valence-corrected chi connectivity index (χ4v) is 1.94. The summed E-state index contributed by atoms with van der Waals surface area (Å²) in [5, 5.41) is 9.42. The van der Waals surface area contributed by atoms with Crippen molar-refractivity contribution in [1.29, 1.82) is 0 Å². The first kappa shape index (κ1) is 11.0. The predicted molar refractivity (Wildman–Crippen MR) is 65.5 cm³/mol. The van der Waals surface area contributed by atoms with Crippen LogP contribution < -0.4 is 0 Å². The minimum absolute atomic E-state index is 0.408. The van der Waals surface area contributed by atoms with Gasteiger partial charge in [0.05, 0.1) is 17.4 Å². The summed E-state index contributed by atoms with van der Waals surface area (Å²) in [7, 11) is 0. The minimum Gasteiger partial charge on any atom is -0.260 e. The zero-order valence-corrected chi connectivity index (χ0v) is 10.2. The van der Waals surface area contributed by atoms with Crippen LogP contribution in [0.5, 0.6) is 0 Å². The molecule has 0 amide bonds. The molecule has 2 heterocycles. The highest BCUT2D eigenvalue weighted by molar-refractivity contribution is 5.84. The van der Waals surface area contributed by atoms with Crippen molar-refractivity contribution in [2.45, 2.75) is 39.5 Å². The molecule has 3 heteroatoms. The van der Waals surface area contributed by atoms with Gasteiger partial charge in [-0.25, -0.2) is 0 Å². The largest absolute Gasteiger partial charge is 0.260 e. The van der Waals surface area contributed by atoms with E-state index >= 15 is 0 Å². The molecule has 0 unspecified atom stereocenters. The summed E-state index contributed by atoms with van der Waals surface area (Å²) in [6, 6.07) is 1.93. The van der Waals surface area contributed by atoms with Crippen LogP contribution in [0.15, 0.2) is 18.5 Å². The van der Waals surface area contributed by atoms with Crippen LogP contribution in [0.4, 0.5) is 0 Å². The fraction of sp³-hybridized carbons (Fsp3) is 0.462. The van der Waals surface area contributed by atoms with E-state index in [0.29, 0.717) is 11.8 Å². The lowest BCUT2D eigenvalue weighted by atomic mass is 9.96. The van der Waals surface area contributed by atoms with E-state index in [1.165, 1.54) is 10.9 Å². The molecular weight excluding hydrogens is 198 g/mol. The number of aromatic nitrogens is 3. The van der Waals surface area contributed by atoms with Gasteiger partial charge in [0.1, 0.15) is 0 Å². The molecule has 0 bridgehead atoms. The van der Waals surface area contributed by atoms with Crippen molar-refractivity contribution in [1.82, 2.24) is 15.2 Å². The predicted octanol–water partition coefficient (Wildman–Crippen LogP) is 3.27. The van der Waals surface area contributed by atoms with E-state index in [2.05, 4.69) is 42.9 Å². The molecule has 0 fully saturated rings. The third-order valence-corrected chi connectivity index (χ3v) is 2.78. The van der Waals surface area contributed by atoms with Crippen LogP contribution in [-0.2, 0) is 0 Å². The Hall–Kier alpha value is -1.51. The summed E-state index contributed by atoms with van der Waals surface area (Å²) in [6.45, 7) is 8.67. The Balaban J connectivity index is 2.82. The van der Waals surface area contributed by atoms with Crippen LogP contribution >= 0.6 is 0 Å². The number of rotatable bonds is 2. The lowest BCUT2D eigenvalue weighted by Gasteiger charge is -2.13. The Bertz CT molecular complexity index is 461. The highest BCUT2D eigenvalue weighted by Gasteiger charge is 2.13. The van der Waals surface area contributed by atoms with E-state index < -0.39 is 0 Å². The molecule has 0 N–H and O–H groups in total. The average molecular weight is 215 g/mol. The van der Waals surface area contributed by atoms with Gasteiger partial charge in [0.2, 0.25) is 0 Å². The van der Waals surface area contributed by atoms with E-state index in [1.807, 2.05) is 18.5 Å². The van der Waals surface area contributed by atoms with Crippen molar-refractivity contribution in [3.8, 4) is 0 Å². The summed E-state index contributed by atoms with van der Waals surface area (Å²) in [4.78, 5) is 4.48. The molecular formula is C13H17N3. The number of pyridine rings is 1. The van der Waals surface area contributed by atoms with Crippen molar-refractivity contribution >= 4 is 10.9 Å². The minimum atomic E-state index is 0.408. The van der Waals surface area contributed by atoms with Gasteiger partial charge >= 0.3 is 0 Å². The second kappa shape index (κ2) is 4.16. The zero-order valence-electron chi connectivity index (χ0n) is 10.2. The highest BCUT2D eigenvalue weighted by atomic mass is 15.1. The van der Waals surface area contributed by atoms with E-state index in [1.54, 1.807) is 0 Å². The van der Waals surface area contributed by atoms with Gasteiger partial charge in [-0.15, -0.1) is 0 Å². The molecule has 16 heavy (non-hydrogen) atoms. The number of fused-ring (bicyclic) bond motifs is 1. The summed E-state index contributed by atoms with van der Waals surface area (Å²) < 4.78 is 0. The summed E-state index contributed by atoms with van der Waals surface area (Å²) in [5.74, 6) is 0.852. The van der Waals surface area contributed by atoms with Gasteiger partial charge in [-0.1, -0.05) is 27.7 Å². The maximum Gasteiger partial charge on any atom is 0.0966 e. The molecule has 84 valence electrons. The first-order valence-electron chi connectivity index (χ1n) is 5.71. The average Bonchev–Trinajstić information content (AvgIpc) is 2.27. The van der Waals surface area contributed by atoms with Crippen molar-refractivity contribution < 1.29 is 0 Å². The number of hydrogen-bond acceptors (Lipinski definition) is 3. The van der Waals surface area contributed by atoms with Crippen LogP contribution in [0.3, 0.4) is 0 Å². The lowest BCUT2D eigenvalue weighted by molar-refractivity contribution is 0.815. The summed E-state index contributed by atoms with van der Waals surface area (Å²) >= 11 is 0. The molecule has 3 nitrogen and oxygen atoms in total. The molecule has 0 saturated carbocycles. The topological polar surface area (TPSA) is 38.7 Å². The van der Waals surface area contributed by atoms with Gasteiger partial charge in [-0.2, -0.15) is 10.2 Å². The van der Waals surface area contributed by atoms with Gasteiger partial charge in [-0.05, 0) is 23.5 Å².